The first-order valence-corrected chi connectivity index (χ1v) is 8.08. The maximum Gasteiger partial charge on any atom is 0.235 e. The second kappa shape index (κ2) is 8.12. The second-order valence-corrected chi connectivity index (χ2v) is 6.09. The number of hydrogen-bond donors (Lipinski definition) is 2. The largest absolute Gasteiger partial charge is 0.381 e. The van der Waals surface area contributed by atoms with E-state index in [2.05, 4.69) is 16.6 Å². The van der Waals surface area contributed by atoms with Crippen LogP contribution in [-0.2, 0) is 14.8 Å². The van der Waals surface area contributed by atoms with E-state index in [4.69, 9.17) is 22.1 Å². The maximum absolute atomic E-state index is 11.9. The molecule has 3 N–H and O–H groups in total. The predicted molar refractivity (Wildman–Crippen MR) is 81.3 cm³/mol. The van der Waals surface area contributed by atoms with Gasteiger partial charge in [0.25, 0.3) is 0 Å². The van der Waals surface area contributed by atoms with Crippen LogP contribution in [0.2, 0.25) is 5.02 Å². The van der Waals surface area contributed by atoms with Crippen LogP contribution in [0.1, 0.15) is 12.5 Å². The van der Waals surface area contributed by atoms with Gasteiger partial charge in [-0.05, 0) is 25.1 Å². The molecule has 0 fully saturated rings. The summed E-state index contributed by atoms with van der Waals surface area (Å²) in [6, 6.07) is 4.75. The van der Waals surface area contributed by atoms with Crippen molar-refractivity contribution in [3.05, 3.63) is 28.8 Å². The summed E-state index contributed by atoms with van der Waals surface area (Å²) >= 11 is 5.87. The Morgan fingerprint density at radius 1 is 1.45 bits per heavy atom. The van der Waals surface area contributed by atoms with Crippen LogP contribution < -0.4 is 10.5 Å². The average molecular weight is 317 g/mol. The Morgan fingerprint density at radius 2 is 2.20 bits per heavy atom. The Morgan fingerprint density at radius 3 is 2.85 bits per heavy atom. The molecule has 0 aliphatic rings. The highest BCUT2D eigenvalue weighted by molar-refractivity contribution is 7.92. The fourth-order valence-corrected chi connectivity index (χ4v) is 2.51. The number of halogens is 1. The van der Waals surface area contributed by atoms with Gasteiger partial charge in [0, 0.05) is 11.6 Å². The quantitative estimate of drug-likeness (QED) is 0.614. The second-order valence-electron chi connectivity index (χ2n) is 3.81. The van der Waals surface area contributed by atoms with Crippen LogP contribution in [0.3, 0.4) is 0 Å². The molecule has 0 spiro atoms. The maximum atomic E-state index is 11.9. The van der Waals surface area contributed by atoms with Gasteiger partial charge in [0.15, 0.2) is 0 Å². The summed E-state index contributed by atoms with van der Waals surface area (Å²) in [5, 5.41) is 0.476. The fourth-order valence-electron chi connectivity index (χ4n) is 1.39. The third-order valence-corrected chi connectivity index (χ3v) is 3.74. The van der Waals surface area contributed by atoms with E-state index < -0.39 is 10.0 Å². The van der Waals surface area contributed by atoms with E-state index in [1.807, 2.05) is 0 Å². The Labute approximate surface area is 124 Å². The van der Waals surface area contributed by atoms with Crippen molar-refractivity contribution in [3.8, 4) is 11.8 Å². The van der Waals surface area contributed by atoms with Crippen molar-refractivity contribution in [3.63, 3.8) is 0 Å². The van der Waals surface area contributed by atoms with Gasteiger partial charge in [-0.3, -0.25) is 4.72 Å². The molecule has 20 heavy (non-hydrogen) atoms. The van der Waals surface area contributed by atoms with Crippen LogP contribution in [0.4, 0.5) is 5.69 Å². The molecule has 0 aromatic heterocycles. The number of nitrogens with two attached hydrogens (primary N) is 1. The van der Waals surface area contributed by atoms with Crippen LogP contribution in [-0.4, -0.2) is 33.9 Å². The Hall–Kier alpha value is -1.26. The Balaban J connectivity index is 2.91. The summed E-state index contributed by atoms with van der Waals surface area (Å²) in [6.45, 7) is 2.61. The summed E-state index contributed by atoms with van der Waals surface area (Å²) in [7, 11) is -3.48. The predicted octanol–water partition coefficient (Wildman–Crippen LogP) is 1.43. The molecule has 0 aliphatic carbocycles. The average Bonchev–Trinajstić information content (AvgIpc) is 2.39. The van der Waals surface area contributed by atoms with Gasteiger partial charge in [-0.25, -0.2) is 8.42 Å². The van der Waals surface area contributed by atoms with Gasteiger partial charge in [0.1, 0.15) is 0 Å². The molecule has 1 aromatic rings. The van der Waals surface area contributed by atoms with Crippen LogP contribution in [0.15, 0.2) is 18.2 Å². The molecule has 7 heteroatoms. The first-order valence-electron chi connectivity index (χ1n) is 6.05. The molecule has 0 amide bonds. The molecule has 0 saturated heterocycles. The van der Waals surface area contributed by atoms with E-state index in [1.54, 1.807) is 25.1 Å². The number of hydrogen-bond acceptors (Lipinski definition) is 4. The van der Waals surface area contributed by atoms with Crippen molar-refractivity contribution in [2.45, 2.75) is 6.92 Å². The fraction of sp³-hybridized carbons (Fsp3) is 0.385. The molecule has 0 radical (unpaired) electrons. The van der Waals surface area contributed by atoms with E-state index in [-0.39, 0.29) is 18.9 Å². The van der Waals surface area contributed by atoms with Crippen molar-refractivity contribution in [1.29, 1.82) is 0 Å². The van der Waals surface area contributed by atoms with Crippen molar-refractivity contribution in [2.75, 3.05) is 30.2 Å². The highest BCUT2D eigenvalue weighted by Gasteiger charge is 2.12. The van der Waals surface area contributed by atoms with Crippen LogP contribution in [0.5, 0.6) is 0 Å². The van der Waals surface area contributed by atoms with Crippen molar-refractivity contribution < 1.29 is 13.2 Å². The van der Waals surface area contributed by atoms with Crippen molar-refractivity contribution in [1.82, 2.24) is 0 Å². The minimum absolute atomic E-state index is 0.118. The van der Waals surface area contributed by atoms with E-state index >= 15 is 0 Å². The lowest BCUT2D eigenvalue weighted by Gasteiger charge is -2.10. The van der Waals surface area contributed by atoms with Gasteiger partial charge >= 0.3 is 0 Å². The first-order chi connectivity index (χ1) is 9.48. The van der Waals surface area contributed by atoms with Gasteiger partial charge in [0.05, 0.1) is 30.2 Å². The molecule has 5 nitrogen and oxygen atoms in total. The summed E-state index contributed by atoms with van der Waals surface area (Å²) in [6.07, 6.45) is 0. The zero-order valence-corrected chi connectivity index (χ0v) is 12.7. The summed E-state index contributed by atoms with van der Waals surface area (Å²) in [4.78, 5) is 0. The summed E-state index contributed by atoms with van der Waals surface area (Å²) in [5.41, 5.74) is 6.18. The van der Waals surface area contributed by atoms with Crippen molar-refractivity contribution in [2.24, 2.45) is 5.73 Å². The third kappa shape index (κ3) is 5.80. The van der Waals surface area contributed by atoms with Crippen LogP contribution >= 0.6 is 11.6 Å². The minimum atomic E-state index is -3.48. The van der Waals surface area contributed by atoms with Crippen molar-refractivity contribution >= 4 is 27.3 Å². The molecule has 1 aromatic carbocycles. The lowest BCUT2D eigenvalue weighted by atomic mass is 10.2. The molecule has 0 saturated carbocycles. The van der Waals surface area contributed by atoms with Gasteiger partial charge in [-0.1, -0.05) is 23.4 Å². The van der Waals surface area contributed by atoms with E-state index in [0.717, 1.165) is 0 Å². The summed E-state index contributed by atoms with van der Waals surface area (Å²) in [5.74, 6) is 5.34. The lowest BCUT2D eigenvalue weighted by Crippen LogP contribution is -2.20. The highest BCUT2D eigenvalue weighted by Crippen LogP contribution is 2.21. The molecule has 0 heterocycles. The topological polar surface area (TPSA) is 81.4 Å². The van der Waals surface area contributed by atoms with Crippen LogP contribution in [0.25, 0.3) is 0 Å². The monoisotopic (exact) mass is 316 g/mol. The van der Waals surface area contributed by atoms with Gasteiger partial charge < -0.3 is 10.5 Å². The molecule has 0 aliphatic heterocycles. The Bertz CT molecular complexity index is 606. The number of benzene rings is 1. The van der Waals surface area contributed by atoms with E-state index in [1.165, 1.54) is 0 Å². The SMILES string of the molecule is CCOCCS(=O)(=O)Nc1ccc(Cl)cc1C#CCN. The Kier molecular flexibility index (Phi) is 6.82. The highest BCUT2D eigenvalue weighted by atomic mass is 35.5. The number of sulfonamides is 1. The molecule has 0 atom stereocenters. The first kappa shape index (κ1) is 16.8. The van der Waals surface area contributed by atoms with E-state index in [9.17, 15) is 8.42 Å². The molecule has 1 rings (SSSR count). The third-order valence-electron chi connectivity index (χ3n) is 2.27. The van der Waals surface area contributed by atoms with Gasteiger partial charge in [-0.2, -0.15) is 0 Å². The zero-order valence-electron chi connectivity index (χ0n) is 11.1. The molecule has 0 unspecified atom stereocenters. The molecule has 0 bridgehead atoms. The van der Waals surface area contributed by atoms with Crippen LogP contribution in [0, 0.1) is 11.8 Å². The standard InChI is InChI=1S/C13H17ClN2O3S/c1-2-19-8-9-20(17,18)16-13-6-5-12(14)10-11(13)4-3-7-15/h5-6,10,16H,2,7-9,15H2,1H3. The molecular formula is C13H17ClN2O3S. The number of anilines is 1. The number of ether oxygens (including phenoxy) is 1. The normalized spacial score (nSPS) is 10.8. The van der Waals surface area contributed by atoms with E-state index in [0.29, 0.717) is 22.9 Å². The smallest absolute Gasteiger partial charge is 0.235 e. The number of rotatable bonds is 6. The zero-order chi connectivity index (χ0) is 15.0. The van der Waals surface area contributed by atoms with Gasteiger partial charge in [0.2, 0.25) is 10.0 Å². The number of nitrogens with one attached hydrogen (secondary N) is 1. The lowest BCUT2D eigenvalue weighted by molar-refractivity contribution is 0.163. The van der Waals surface area contributed by atoms with Gasteiger partial charge in [-0.15, -0.1) is 0 Å². The molecule has 110 valence electrons. The summed E-state index contributed by atoms with van der Waals surface area (Å²) < 4.78 is 31.3. The molecular weight excluding hydrogens is 300 g/mol. The minimum Gasteiger partial charge on any atom is -0.381 e.